The van der Waals surface area contributed by atoms with Crippen molar-refractivity contribution in [2.75, 3.05) is 6.61 Å². The first-order valence-electron chi connectivity index (χ1n) is 4.28. The minimum absolute atomic E-state index is 0.705. The second-order valence-corrected chi connectivity index (χ2v) is 3.76. The van der Waals surface area contributed by atoms with Crippen molar-refractivity contribution in [3.8, 4) is 5.75 Å². The van der Waals surface area contributed by atoms with E-state index in [0.29, 0.717) is 6.61 Å². The van der Waals surface area contributed by atoms with Crippen LogP contribution in [-0.2, 0) is 0 Å². The van der Waals surface area contributed by atoms with Crippen molar-refractivity contribution in [3.63, 3.8) is 0 Å². The Morgan fingerprint density at radius 1 is 1.46 bits per heavy atom. The maximum atomic E-state index is 5.48. The monoisotopic (exact) mass is 193 g/mol. The lowest BCUT2D eigenvalue weighted by Gasteiger charge is -2.05. The number of thiazole rings is 1. The van der Waals surface area contributed by atoms with Crippen LogP contribution in [0, 0.1) is 6.92 Å². The van der Waals surface area contributed by atoms with Crippen molar-refractivity contribution in [3.05, 3.63) is 23.2 Å². The molecule has 0 unspecified atom stereocenters. The van der Waals surface area contributed by atoms with Crippen molar-refractivity contribution < 1.29 is 4.74 Å². The molecule has 0 aliphatic rings. The Labute approximate surface area is 81.2 Å². The Balaban J connectivity index is 2.56. The zero-order valence-corrected chi connectivity index (χ0v) is 8.52. The van der Waals surface area contributed by atoms with Gasteiger partial charge in [-0.3, -0.25) is 0 Å². The maximum absolute atomic E-state index is 5.48. The van der Waals surface area contributed by atoms with E-state index in [9.17, 15) is 0 Å². The lowest BCUT2D eigenvalue weighted by atomic mass is 10.2. The summed E-state index contributed by atoms with van der Waals surface area (Å²) in [6.07, 6.45) is 0. The van der Waals surface area contributed by atoms with Gasteiger partial charge in [-0.25, -0.2) is 4.98 Å². The zero-order valence-electron chi connectivity index (χ0n) is 7.70. The Morgan fingerprint density at radius 3 is 3.08 bits per heavy atom. The molecule has 1 aromatic carbocycles. The van der Waals surface area contributed by atoms with Gasteiger partial charge in [-0.15, -0.1) is 11.3 Å². The lowest BCUT2D eigenvalue weighted by Crippen LogP contribution is -1.93. The topological polar surface area (TPSA) is 22.1 Å². The second kappa shape index (κ2) is 3.34. The van der Waals surface area contributed by atoms with Crippen molar-refractivity contribution in [1.29, 1.82) is 0 Å². The van der Waals surface area contributed by atoms with Gasteiger partial charge in [-0.1, -0.05) is 0 Å². The van der Waals surface area contributed by atoms with Crippen LogP contribution in [0.15, 0.2) is 17.6 Å². The van der Waals surface area contributed by atoms with Gasteiger partial charge in [0.1, 0.15) is 5.75 Å². The van der Waals surface area contributed by atoms with E-state index in [2.05, 4.69) is 18.0 Å². The van der Waals surface area contributed by atoms with Gasteiger partial charge in [0.2, 0.25) is 0 Å². The Morgan fingerprint density at radius 2 is 2.31 bits per heavy atom. The van der Waals surface area contributed by atoms with Gasteiger partial charge in [0, 0.05) is 6.07 Å². The number of ether oxygens (including phenoxy) is 1. The number of rotatable bonds is 2. The first kappa shape index (κ1) is 8.51. The van der Waals surface area contributed by atoms with Crippen LogP contribution in [0.3, 0.4) is 0 Å². The summed E-state index contributed by atoms with van der Waals surface area (Å²) in [5, 5.41) is 0. The summed E-state index contributed by atoms with van der Waals surface area (Å²) in [7, 11) is 0. The van der Waals surface area contributed by atoms with Crippen LogP contribution in [0.2, 0.25) is 0 Å². The molecule has 2 rings (SSSR count). The molecule has 0 amide bonds. The summed E-state index contributed by atoms with van der Waals surface area (Å²) in [4.78, 5) is 4.24. The fourth-order valence-corrected chi connectivity index (χ4v) is 2.05. The average Bonchev–Trinajstić information content (AvgIpc) is 2.52. The zero-order chi connectivity index (χ0) is 9.26. The largest absolute Gasteiger partial charge is 0.494 e. The summed E-state index contributed by atoms with van der Waals surface area (Å²) >= 11 is 1.66. The summed E-state index contributed by atoms with van der Waals surface area (Å²) < 4.78 is 6.70. The van der Waals surface area contributed by atoms with Crippen LogP contribution in [-0.4, -0.2) is 11.6 Å². The van der Waals surface area contributed by atoms with Gasteiger partial charge >= 0.3 is 0 Å². The molecule has 0 N–H and O–H groups in total. The van der Waals surface area contributed by atoms with Gasteiger partial charge in [-0.2, -0.15) is 0 Å². The summed E-state index contributed by atoms with van der Waals surface area (Å²) in [6.45, 7) is 4.76. The molecule has 0 bridgehead atoms. The molecule has 1 heterocycles. The molecule has 13 heavy (non-hydrogen) atoms. The molecule has 68 valence electrons. The number of benzene rings is 1. The molecule has 0 aliphatic heterocycles. The minimum Gasteiger partial charge on any atom is -0.494 e. The minimum atomic E-state index is 0.705. The fraction of sp³-hybridized carbons (Fsp3) is 0.300. The quantitative estimate of drug-likeness (QED) is 0.731. The SMILES string of the molecule is CCOc1cc2ncsc2cc1C. The van der Waals surface area contributed by atoms with Gasteiger partial charge < -0.3 is 4.74 Å². The van der Waals surface area contributed by atoms with E-state index in [0.717, 1.165) is 11.3 Å². The fourth-order valence-electron chi connectivity index (χ4n) is 1.30. The highest BCUT2D eigenvalue weighted by Crippen LogP contribution is 2.26. The van der Waals surface area contributed by atoms with E-state index in [4.69, 9.17) is 4.74 Å². The third-order valence-electron chi connectivity index (χ3n) is 1.93. The molecule has 2 aromatic rings. The number of hydrogen-bond acceptors (Lipinski definition) is 3. The Bertz CT molecular complexity index is 422. The van der Waals surface area contributed by atoms with Crippen molar-refractivity contribution in [2.24, 2.45) is 0 Å². The van der Waals surface area contributed by atoms with Crippen LogP contribution < -0.4 is 4.74 Å². The molecule has 0 saturated carbocycles. The third kappa shape index (κ3) is 1.52. The highest BCUT2D eigenvalue weighted by Gasteiger charge is 2.03. The summed E-state index contributed by atoms with van der Waals surface area (Å²) in [6, 6.07) is 4.13. The number of hydrogen-bond donors (Lipinski definition) is 0. The summed E-state index contributed by atoms with van der Waals surface area (Å²) in [5.74, 6) is 0.945. The normalized spacial score (nSPS) is 10.6. The van der Waals surface area contributed by atoms with Crippen molar-refractivity contribution in [2.45, 2.75) is 13.8 Å². The molecule has 0 aliphatic carbocycles. The van der Waals surface area contributed by atoms with E-state index in [-0.39, 0.29) is 0 Å². The van der Waals surface area contributed by atoms with Crippen LogP contribution in [0.5, 0.6) is 5.75 Å². The van der Waals surface area contributed by atoms with E-state index in [1.807, 2.05) is 18.5 Å². The highest BCUT2D eigenvalue weighted by molar-refractivity contribution is 7.16. The molecular formula is C10H11NOS. The first-order chi connectivity index (χ1) is 6.31. The number of nitrogens with zero attached hydrogens (tertiary/aromatic N) is 1. The van der Waals surface area contributed by atoms with Crippen molar-refractivity contribution >= 4 is 21.6 Å². The van der Waals surface area contributed by atoms with Gasteiger partial charge in [-0.05, 0) is 25.5 Å². The lowest BCUT2D eigenvalue weighted by molar-refractivity contribution is 0.338. The number of aromatic nitrogens is 1. The highest BCUT2D eigenvalue weighted by atomic mass is 32.1. The van der Waals surface area contributed by atoms with Crippen LogP contribution in [0.4, 0.5) is 0 Å². The number of aryl methyl sites for hydroxylation is 1. The predicted molar refractivity (Wildman–Crippen MR) is 55.5 cm³/mol. The molecule has 1 aromatic heterocycles. The van der Waals surface area contributed by atoms with E-state index in [1.165, 1.54) is 10.3 Å². The van der Waals surface area contributed by atoms with Gasteiger partial charge in [0.15, 0.2) is 0 Å². The van der Waals surface area contributed by atoms with E-state index >= 15 is 0 Å². The maximum Gasteiger partial charge on any atom is 0.124 e. The second-order valence-electron chi connectivity index (χ2n) is 2.87. The Kier molecular flexibility index (Phi) is 2.19. The van der Waals surface area contributed by atoms with E-state index < -0.39 is 0 Å². The molecule has 0 radical (unpaired) electrons. The smallest absolute Gasteiger partial charge is 0.124 e. The van der Waals surface area contributed by atoms with E-state index in [1.54, 1.807) is 11.3 Å². The third-order valence-corrected chi connectivity index (χ3v) is 2.72. The molecule has 2 nitrogen and oxygen atoms in total. The molecule has 0 saturated heterocycles. The molecule has 0 atom stereocenters. The van der Waals surface area contributed by atoms with Gasteiger partial charge in [0.05, 0.1) is 22.3 Å². The molecule has 0 spiro atoms. The molecular weight excluding hydrogens is 182 g/mol. The Hall–Kier alpha value is -1.09. The standard InChI is InChI=1S/C10H11NOS/c1-3-12-9-5-8-10(4-7(9)2)13-6-11-8/h4-6H,3H2,1-2H3. The number of fused-ring (bicyclic) bond motifs is 1. The molecule has 3 heteroatoms. The van der Waals surface area contributed by atoms with Crippen LogP contribution in [0.25, 0.3) is 10.2 Å². The van der Waals surface area contributed by atoms with Crippen molar-refractivity contribution in [1.82, 2.24) is 4.98 Å². The van der Waals surface area contributed by atoms with Crippen LogP contribution >= 0.6 is 11.3 Å². The average molecular weight is 193 g/mol. The van der Waals surface area contributed by atoms with Crippen LogP contribution in [0.1, 0.15) is 12.5 Å². The molecule has 0 fully saturated rings. The predicted octanol–water partition coefficient (Wildman–Crippen LogP) is 3.00. The van der Waals surface area contributed by atoms with Gasteiger partial charge in [0.25, 0.3) is 0 Å². The first-order valence-corrected chi connectivity index (χ1v) is 5.16. The summed E-state index contributed by atoms with van der Waals surface area (Å²) in [5.41, 5.74) is 4.07.